The number of nitrogens with zero attached hydrogens (tertiary/aromatic N) is 2. The first kappa shape index (κ1) is 16.3. The summed E-state index contributed by atoms with van der Waals surface area (Å²) in [7, 11) is 0. The summed E-state index contributed by atoms with van der Waals surface area (Å²) >= 11 is 4.88. The summed E-state index contributed by atoms with van der Waals surface area (Å²) in [6, 6.07) is 13.5. The number of ether oxygens (including phenoxy) is 1. The molecule has 126 valence electrons. The molecule has 0 spiro atoms. The maximum atomic E-state index is 12.9. The summed E-state index contributed by atoms with van der Waals surface area (Å²) < 4.78 is 9.12. The molecule has 0 amide bonds. The van der Waals surface area contributed by atoms with E-state index in [-0.39, 0.29) is 11.7 Å². The third-order valence-corrected chi connectivity index (χ3v) is 5.23. The summed E-state index contributed by atoms with van der Waals surface area (Å²) in [5, 5.41) is 0. The molecule has 0 bridgehead atoms. The molecule has 0 unspecified atom stereocenters. The Bertz CT molecular complexity index is 1190. The minimum atomic E-state index is -0.0517. The summed E-state index contributed by atoms with van der Waals surface area (Å²) in [6.07, 6.45) is 1.93. The summed E-state index contributed by atoms with van der Waals surface area (Å²) in [6.45, 7) is 3.96. The molecular formula is C19H15BrN2O2S. The number of hydrogen-bond acceptors (Lipinski definition) is 4. The van der Waals surface area contributed by atoms with Crippen LogP contribution in [0.25, 0.3) is 22.1 Å². The lowest BCUT2D eigenvalue weighted by atomic mass is 10.2. The summed E-state index contributed by atoms with van der Waals surface area (Å²) in [5.74, 6) is 0.758. The normalized spacial score (nSPS) is 12.6. The van der Waals surface area contributed by atoms with E-state index in [1.807, 2.05) is 62.4 Å². The molecular weight excluding hydrogens is 400 g/mol. The molecule has 2 heterocycles. The molecule has 2 aromatic carbocycles. The van der Waals surface area contributed by atoms with Gasteiger partial charge in [0.05, 0.1) is 21.7 Å². The lowest BCUT2D eigenvalue weighted by Gasteiger charge is -2.12. The van der Waals surface area contributed by atoms with Crippen LogP contribution in [0.1, 0.15) is 19.4 Å². The van der Waals surface area contributed by atoms with Crippen molar-refractivity contribution >= 4 is 49.3 Å². The van der Waals surface area contributed by atoms with Crippen LogP contribution >= 0.6 is 27.3 Å². The van der Waals surface area contributed by atoms with Gasteiger partial charge in [0.25, 0.3) is 5.56 Å². The van der Waals surface area contributed by atoms with E-state index in [9.17, 15) is 4.79 Å². The Labute approximate surface area is 156 Å². The fraction of sp³-hybridized carbons (Fsp3) is 0.158. The van der Waals surface area contributed by atoms with Crippen LogP contribution < -0.4 is 14.8 Å². The van der Waals surface area contributed by atoms with Gasteiger partial charge in [-0.3, -0.25) is 4.79 Å². The fourth-order valence-electron chi connectivity index (χ4n) is 2.75. The molecule has 0 saturated carbocycles. The molecule has 2 aromatic heterocycles. The van der Waals surface area contributed by atoms with E-state index in [0.29, 0.717) is 9.49 Å². The van der Waals surface area contributed by atoms with E-state index in [2.05, 4.69) is 20.9 Å². The molecule has 0 N–H and O–H groups in total. The van der Waals surface area contributed by atoms with Crippen LogP contribution in [0.5, 0.6) is 5.75 Å². The Morgan fingerprint density at radius 2 is 2.04 bits per heavy atom. The van der Waals surface area contributed by atoms with Crippen molar-refractivity contribution in [2.24, 2.45) is 0 Å². The molecule has 0 atom stereocenters. The van der Waals surface area contributed by atoms with Gasteiger partial charge in [0, 0.05) is 10.0 Å². The zero-order valence-corrected chi connectivity index (χ0v) is 16.1. The van der Waals surface area contributed by atoms with Gasteiger partial charge in [-0.25, -0.2) is 9.38 Å². The van der Waals surface area contributed by atoms with Gasteiger partial charge in [0.2, 0.25) is 0 Å². The smallest absolute Gasteiger partial charge is 0.274 e. The van der Waals surface area contributed by atoms with E-state index < -0.39 is 0 Å². The highest BCUT2D eigenvalue weighted by molar-refractivity contribution is 9.10. The second-order valence-corrected chi connectivity index (χ2v) is 7.91. The average Bonchev–Trinajstić information content (AvgIpc) is 3.07. The first-order chi connectivity index (χ1) is 12.0. The van der Waals surface area contributed by atoms with Crippen molar-refractivity contribution < 1.29 is 4.74 Å². The van der Waals surface area contributed by atoms with Crippen LogP contribution in [0.15, 0.2) is 51.7 Å². The number of rotatable bonds is 3. The maximum absolute atomic E-state index is 12.9. The molecule has 4 aromatic rings. The molecule has 0 radical (unpaired) electrons. The highest BCUT2D eigenvalue weighted by atomic mass is 79.9. The van der Waals surface area contributed by atoms with Crippen molar-refractivity contribution in [2.75, 3.05) is 0 Å². The predicted molar refractivity (Wildman–Crippen MR) is 106 cm³/mol. The largest absolute Gasteiger partial charge is 0.490 e. The number of aromatic nitrogens is 2. The predicted octanol–water partition coefficient (Wildman–Crippen LogP) is 4.01. The monoisotopic (exact) mass is 414 g/mol. The average molecular weight is 415 g/mol. The second kappa shape index (κ2) is 6.28. The molecule has 0 aliphatic heterocycles. The number of para-hydroxylation sites is 2. The van der Waals surface area contributed by atoms with Crippen molar-refractivity contribution in [3.63, 3.8) is 0 Å². The van der Waals surface area contributed by atoms with E-state index in [0.717, 1.165) is 26.8 Å². The van der Waals surface area contributed by atoms with Gasteiger partial charge in [0.1, 0.15) is 5.75 Å². The van der Waals surface area contributed by atoms with Crippen LogP contribution in [-0.4, -0.2) is 15.5 Å². The Balaban J connectivity index is 1.94. The van der Waals surface area contributed by atoms with Crippen LogP contribution in [-0.2, 0) is 0 Å². The van der Waals surface area contributed by atoms with Gasteiger partial charge in [-0.2, -0.15) is 0 Å². The second-order valence-electron chi connectivity index (χ2n) is 5.98. The van der Waals surface area contributed by atoms with Gasteiger partial charge in [-0.1, -0.05) is 39.4 Å². The highest BCUT2D eigenvalue weighted by Gasteiger charge is 2.11. The van der Waals surface area contributed by atoms with Crippen LogP contribution in [0.2, 0.25) is 0 Å². The summed E-state index contributed by atoms with van der Waals surface area (Å²) in [5.41, 5.74) is 2.49. The summed E-state index contributed by atoms with van der Waals surface area (Å²) in [4.78, 5) is 18.1. The molecule has 4 nitrogen and oxygen atoms in total. The van der Waals surface area contributed by atoms with Crippen molar-refractivity contribution in [2.45, 2.75) is 20.0 Å². The van der Waals surface area contributed by atoms with E-state index >= 15 is 0 Å². The molecule has 0 fully saturated rings. The third-order valence-electron chi connectivity index (χ3n) is 3.77. The van der Waals surface area contributed by atoms with Gasteiger partial charge < -0.3 is 4.74 Å². The zero-order chi connectivity index (χ0) is 17.6. The first-order valence-electron chi connectivity index (χ1n) is 7.91. The van der Waals surface area contributed by atoms with Gasteiger partial charge in [-0.15, -0.1) is 0 Å². The molecule has 0 saturated heterocycles. The number of benzene rings is 2. The van der Waals surface area contributed by atoms with Crippen molar-refractivity contribution in [3.8, 4) is 5.75 Å². The van der Waals surface area contributed by atoms with E-state index in [1.54, 1.807) is 4.40 Å². The quantitative estimate of drug-likeness (QED) is 0.508. The Hall–Kier alpha value is -2.18. The standard InChI is InChI=1S/C19H15BrN2O2S/c1-11(2)24-16-8-7-13(20)9-12(16)10-17-18(23)22-15-6-4-3-5-14(15)21-19(22)25-17/h3-11H,1-2H3. The third kappa shape index (κ3) is 2.96. The Morgan fingerprint density at radius 3 is 2.84 bits per heavy atom. The van der Waals surface area contributed by atoms with Crippen molar-refractivity contribution in [3.05, 3.63) is 67.4 Å². The molecule has 0 aliphatic rings. The van der Waals surface area contributed by atoms with E-state index in [4.69, 9.17) is 4.74 Å². The van der Waals surface area contributed by atoms with Gasteiger partial charge >= 0.3 is 0 Å². The number of halogens is 1. The minimum absolute atomic E-state index is 0.0517. The van der Waals surface area contributed by atoms with Crippen LogP contribution in [0, 0.1) is 0 Å². The molecule has 6 heteroatoms. The minimum Gasteiger partial charge on any atom is -0.490 e. The maximum Gasteiger partial charge on any atom is 0.274 e. The lowest BCUT2D eigenvalue weighted by molar-refractivity contribution is 0.242. The Kier molecular flexibility index (Phi) is 4.09. The highest BCUT2D eigenvalue weighted by Crippen LogP contribution is 2.25. The number of fused-ring (bicyclic) bond motifs is 3. The van der Waals surface area contributed by atoms with Crippen LogP contribution in [0.4, 0.5) is 0 Å². The molecule has 4 rings (SSSR count). The van der Waals surface area contributed by atoms with Gasteiger partial charge in [-0.05, 0) is 50.3 Å². The van der Waals surface area contributed by atoms with Crippen molar-refractivity contribution in [1.82, 2.24) is 9.38 Å². The SMILES string of the molecule is CC(C)Oc1ccc(Br)cc1C=c1sc2nc3ccccc3n2c1=O. The van der Waals surface area contributed by atoms with Crippen LogP contribution in [0.3, 0.4) is 0 Å². The number of hydrogen-bond donors (Lipinski definition) is 0. The van der Waals surface area contributed by atoms with Gasteiger partial charge in [0.15, 0.2) is 4.96 Å². The molecule has 0 aliphatic carbocycles. The topological polar surface area (TPSA) is 43.6 Å². The fourth-order valence-corrected chi connectivity index (χ4v) is 4.10. The van der Waals surface area contributed by atoms with E-state index in [1.165, 1.54) is 11.3 Å². The van der Waals surface area contributed by atoms with Crippen molar-refractivity contribution in [1.29, 1.82) is 0 Å². The molecule has 25 heavy (non-hydrogen) atoms. The number of imidazole rings is 1. The number of thiazole rings is 1. The lowest BCUT2D eigenvalue weighted by Crippen LogP contribution is -2.22. The zero-order valence-electron chi connectivity index (χ0n) is 13.7. The first-order valence-corrected chi connectivity index (χ1v) is 9.52. The Morgan fingerprint density at radius 1 is 1.24 bits per heavy atom.